The fourth-order valence-corrected chi connectivity index (χ4v) is 2.72. The zero-order valence-corrected chi connectivity index (χ0v) is 13.1. The van der Waals surface area contributed by atoms with Crippen LogP contribution >= 0.6 is 0 Å². The summed E-state index contributed by atoms with van der Waals surface area (Å²) in [6.45, 7) is 2.37. The molecule has 2 heterocycles. The Bertz CT molecular complexity index is 1000. The topological polar surface area (TPSA) is 76.0 Å². The zero-order chi connectivity index (χ0) is 16.5. The molecule has 0 aliphatic carbocycles. The summed E-state index contributed by atoms with van der Waals surface area (Å²) in [5.74, 6) is 1.35. The van der Waals surface area contributed by atoms with Crippen LogP contribution in [0.5, 0.6) is 11.5 Å². The summed E-state index contributed by atoms with van der Waals surface area (Å²) in [6, 6.07) is 11.3. The molecule has 6 heteroatoms. The first kappa shape index (κ1) is 14.3. The first-order valence-electron chi connectivity index (χ1n) is 7.69. The minimum atomic E-state index is 0.123. The molecule has 6 nitrogen and oxygen atoms in total. The van der Waals surface area contributed by atoms with Crippen LogP contribution in [0.3, 0.4) is 0 Å². The second-order valence-electron chi connectivity index (χ2n) is 5.38. The highest BCUT2D eigenvalue weighted by Gasteiger charge is 2.12. The van der Waals surface area contributed by atoms with Crippen LogP contribution in [0.2, 0.25) is 0 Å². The van der Waals surface area contributed by atoms with Crippen LogP contribution in [0.1, 0.15) is 6.92 Å². The van der Waals surface area contributed by atoms with Gasteiger partial charge in [-0.1, -0.05) is 0 Å². The number of phenolic OH excluding ortho intramolecular Hbond substituents is 1. The lowest BCUT2D eigenvalue weighted by atomic mass is 10.1. The average molecular weight is 320 g/mol. The summed E-state index contributed by atoms with van der Waals surface area (Å²) in [4.78, 5) is 4.46. The van der Waals surface area contributed by atoms with Crippen LogP contribution < -0.4 is 4.74 Å². The lowest BCUT2D eigenvalue weighted by molar-refractivity contribution is 0.318. The van der Waals surface area contributed by atoms with Gasteiger partial charge in [-0.25, -0.2) is 4.98 Å². The van der Waals surface area contributed by atoms with Crippen molar-refractivity contribution in [3.63, 3.8) is 0 Å². The first-order valence-corrected chi connectivity index (χ1v) is 7.69. The number of H-pyrrole nitrogens is 1. The third-order valence-electron chi connectivity index (χ3n) is 3.86. The Morgan fingerprint density at radius 2 is 2.12 bits per heavy atom. The van der Waals surface area contributed by atoms with Gasteiger partial charge in [0.1, 0.15) is 5.82 Å². The van der Waals surface area contributed by atoms with Gasteiger partial charge in [0, 0.05) is 29.0 Å². The first-order chi connectivity index (χ1) is 11.8. The number of aromatic amines is 1. The molecule has 24 heavy (non-hydrogen) atoms. The van der Waals surface area contributed by atoms with E-state index in [-0.39, 0.29) is 5.75 Å². The number of nitrogens with one attached hydrogen (secondary N) is 1. The van der Waals surface area contributed by atoms with Crippen LogP contribution in [0.15, 0.2) is 55.0 Å². The minimum absolute atomic E-state index is 0.123. The summed E-state index contributed by atoms with van der Waals surface area (Å²) in [6.07, 6.45) is 5.45. The highest BCUT2D eigenvalue weighted by Crippen LogP contribution is 2.32. The van der Waals surface area contributed by atoms with Crippen LogP contribution in [-0.2, 0) is 0 Å². The van der Waals surface area contributed by atoms with E-state index in [1.165, 1.54) is 0 Å². The fourth-order valence-electron chi connectivity index (χ4n) is 2.72. The van der Waals surface area contributed by atoms with E-state index in [0.29, 0.717) is 12.4 Å². The fraction of sp³-hybridized carbons (Fsp3) is 0.111. The molecule has 0 fully saturated rings. The molecule has 120 valence electrons. The molecule has 0 aliphatic heterocycles. The molecule has 0 unspecified atom stereocenters. The highest BCUT2D eigenvalue weighted by molar-refractivity contribution is 5.80. The number of ether oxygens (including phenoxy) is 1. The molecule has 0 amide bonds. The Hall–Kier alpha value is -3.28. The number of rotatable bonds is 4. The van der Waals surface area contributed by atoms with Gasteiger partial charge in [-0.2, -0.15) is 5.10 Å². The van der Waals surface area contributed by atoms with E-state index in [9.17, 15) is 5.11 Å². The Morgan fingerprint density at radius 3 is 3.00 bits per heavy atom. The maximum absolute atomic E-state index is 9.88. The van der Waals surface area contributed by atoms with Gasteiger partial charge in [0.2, 0.25) is 0 Å². The third kappa shape index (κ3) is 2.38. The Morgan fingerprint density at radius 1 is 1.21 bits per heavy atom. The molecule has 4 aromatic rings. The molecule has 0 atom stereocenters. The van der Waals surface area contributed by atoms with Crippen molar-refractivity contribution in [1.29, 1.82) is 0 Å². The van der Waals surface area contributed by atoms with Gasteiger partial charge < -0.3 is 9.84 Å². The van der Waals surface area contributed by atoms with E-state index in [4.69, 9.17) is 4.74 Å². The number of hydrogen-bond acceptors (Lipinski definition) is 4. The molecule has 2 aromatic heterocycles. The second kappa shape index (κ2) is 5.73. The monoisotopic (exact) mass is 320 g/mol. The summed E-state index contributed by atoms with van der Waals surface area (Å²) in [5, 5.41) is 18.0. The summed E-state index contributed by atoms with van der Waals surface area (Å²) in [5.41, 5.74) is 2.81. The van der Waals surface area contributed by atoms with Crippen molar-refractivity contribution in [2.45, 2.75) is 6.92 Å². The maximum Gasteiger partial charge on any atom is 0.161 e. The van der Waals surface area contributed by atoms with Gasteiger partial charge in [0.15, 0.2) is 11.5 Å². The molecule has 0 saturated heterocycles. The number of nitrogens with zero attached hydrogens (tertiary/aromatic N) is 3. The van der Waals surface area contributed by atoms with Gasteiger partial charge in [-0.15, -0.1) is 0 Å². The zero-order valence-electron chi connectivity index (χ0n) is 13.1. The van der Waals surface area contributed by atoms with Gasteiger partial charge in [-0.3, -0.25) is 9.67 Å². The van der Waals surface area contributed by atoms with E-state index in [1.54, 1.807) is 24.5 Å². The van der Waals surface area contributed by atoms with Crippen LogP contribution in [0.4, 0.5) is 0 Å². The Labute approximate surface area is 138 Å². The number of imidazole rings is 1. The summed E-state index contributed by atoms with van der Waals surface area (Å²) < 4.78 is 7.46. The number of aromatic nitrogens is 4. The SMILES string of the molecule is CCOc1cc(-c2nccn2-c2ccc3cn[nH]c3c2)ccc1O. The van der Waals surface area contributed by atoms with E-state index in [0.717, 1.165) is 28.0 Å². The number of benzene rings is 2. The van der Waals surface area contributed by atoms with Gasteiger partial charge in [0.25, 0.3) is 0 Å². The van der Waals surface area contributed by atoms with Gasteiger partial charge in [0.05, 0.1) is 18.3 Å². The molecule has 0 saturated carbocycles. The molecular formula is C18H16N4O2. The molecule has 2 N–H and O–H groups in total. The molecule has 2 aromatic carbocycles. The minimum Gasteiger partial charge on any atom is -0.504 e. The number of aromatic hydroxyl groups is 1. The predicted octanol–water partition coefficient (Wildman–Crippen LogP) is 3.52. The van der Waals surface area contributed by atoms with Crippen molar-refractivity contribution in [2.75, 3.05) is 6.61 Å². The smallest absolute Gasteiger partial charge is 0.161 e. The number of fused-ring (bicyclic) bond motifs is 1. The standard InChI is InChI=1S/C18H16N4O2/c1-2-24-17-9-12(4-6-16(17)23)18-19-7-8-22(18)14-5-3-13-11-20-21-15(13)10-14/h3-11,23H,2H2,1H3,(H,20,21). The maximum atomic E-state index is 9.88. The summed E-state index contributed by atoms with van der Waals surface area (Å²) >= 11 is 0. The molecule has 0 aliphatic rings. The van der Waals surface area contributed by atoms with Crippen LogP contribution in [0.25, 0.3) is 28.0 Å². The lowest BCUT2D eigenvalue weighted by Gasteiger charge is -2.11. The molecular weight excluding hydrogens is 304 g/mol. The van der Waals surface area contributed by atoms with E-state index < -0.39 is 0 Å². The Kier molecular flexibility index (Phi) is 3.42. The third-order valence-corrected chi connectivity index (χ3v) is 3.86. The predicted molar refractivity (Wildman–Crippen MR) is 91.5 cm³/mol. The van der Waals surface area contributed by atoms with E-state index in [2.05, 4.69) is 15.2 Å². The quantitative estimate of drug-likeness (QED) is 0.603. The van der Waals surface area contributed by atoms with Crippen molar-refractivity contribution in [1.82, 2.24) is 19.7 Å². The average Bonchev–Trinajstić information content (AvgIpc) is 3.25. The van der Waals surface area contributed by atoms with Crippen molar-refractivity contribution in [3.8, 4) is 28.6 Å². The molecule has 4 rings (SSSR count). The Balaban J connectivity index is 1.81. The normalized spacial score (nSPS) is 11.0. The molecule has 0 bridgehead atoms. The number of hydrogen-bond donors (Lipinski definition) is 2. The van der Waals surface area contributed by atoms with Crippen molar-refractivity contribution in [3.05, 3.63) is 55.0 Å². The second-order valence-corrected chi connectivity index (χ2v) is 5.38. The number of phenols is 1. The van der Waals surface area contributed by atoms with Crippen LogP contribution in [-0.4, -0.2) is 31.5 Å². The van der Waals surface area contributed by atoms with Gasteiger partial charge >= 0.3 is 0 Å². The summed E-state index contributed by atoms with van der Waals surface area (Å²) in [7, 11) is 0. The van der Waals surface area contributed by atoms with Crippen LogP contribution in [0, 0.1) is 0 Å². The largest absolute Gasteiger partial charge is 0.504 e. The van der Waals surface area contributed by atoms with E-state index in [1.807, 2.05) is 42.0 Å². The van der Waals surface area contributed by atoms with E-state index >= 15 is 0 Å². The highest BCUT2D eigenvalue weighted by atomic mass is 16.5. The van der Waals surface area contributed by atoms with Crippen molar-refractivity contribution < 1.29 is 9.84 Å². The van der Waals surface area contributed by atoms with Gasteiger partial charge in [-0.05, 0) is 43.3 Å². The van der Waals surface area contributed by atoms with Crippen molar-refractivity contribution in [2.24, 2.45) is 0 Å². The van der Waals surface area contributed by atoms with Crippen molar-refractivity contribution >= 4 is 10.9 Å². The molecule has 0 spiro atoms. The lowest BCUT2D eigenvalue weighted by Crippen LogP contribution is -1.97. The molecule has 0 radical (unpaired) electrons.